The van der Waals surface area contributed by atoms with Crippen molar-refractivity contribution in [3.8, 4) is 11.4 Å². The van der Waals surface area contributed by atoms with E-state index in [1.807, 2.05) is 12.1 Å². The van der Waals surface area contributed by atoms with Crippen LogP contribution in [0.5, 0.6) is 0 Å². The number of hydrogen-bond acceptors (Lipinski definition) is 2. The third-order valence-corrected chi connectivity index (χ3v) is 13.8. The third-order valence-electron chi connectivity index (χ3n) is 7.11. The number of aromatic nitrogens is 2. The smallest absolute Gasteiger partial charge is 0.242 e. The van der Waals surface area contributed by atoms with E-state index in [2.05, 4.69) is 39.8 Å². The highest BCUT2D eigenvalue weighted by Crippen LogP contribution is 2.47. The highest BCUT2D eigenvalue weighted by molar-refractivity contribution is 6.80. The molecule has 29 heavy (non-hydrogen) atoms. The number of carbonyl (C=O) groups excluding carboxylic acids is 1. The van der Waals surface area contributed by atoms with Gasteiger partial charge in [0.2, 0.25) is 5.91 Å². The van der Waals surface area contributed by atoms with Gasteiger partial charge in [-0.25, -0.2) is 4.98 Å². The standard InChI is InChI=1S/C23H26Cl2N2OSi/c1-5-29(6-2,7-3)14-23(4)16-11-9-8-10-15(16)21-26-19-12-17(24)18(25)13-20(19)27(21)22(23)28/h8-13H,5-7,14H2,1-4H3. The zero-order valence-electron chi connectivity index (χ0n) is 17.4. The average molecular weight is 445 g/mol. The topological polar surface area (TPSA) is 34.9 Å². The van der Waals surface area contributed by atoms with Crippen LogP contribution >= 0.6 is 23.2 Å². The van der Waals surface area contributed by atoms with Gasteiger partial charge in [0.25, 0.3) is 0 Å². The number of imidazole rings is 1. The van der Waals surface area contributed by atoms with Crippen LogP contribution in [0.25, 0.3) is 22.4 Å². The molecule has 2 heterocycles. The molecular weight excluding hydrogens is 419 g/mol. The van der Waals surface area contributed by atoms with Gasteiger partial charge in [-0.05, 0) is 30.7 Å². The van der Waals surface area contributed by atoms with Gasteiger partial charge in [0.15, 0.2) is 0 Å². The van der Waals surface area contributed by atoms with Gasteiger partial charge in [-0.1, -0.05) is 86.4 Å². The van der Waals surface area contributed by atoms with E-state index in [9.17, 15) is 4.79 Å². The normalized spacial score (nSPS) is 18.8. The van der Waals surface area contributed by atoms with Crippen molar-refractivity contribution in [1.29, 1.82) is 0 Å². The van der Waals surface area contributed by atoms with Gasteiger partial charge >= 0.3 is 0 Å². The van der Waals surface area contributed by atoms with Crippen LogP contribution in [-0.4, -0.2) is 23.5 Å². The lowest BCUT2D eigenvalue weighted by atomic mass is 9.78. The Morgan fingerprint density at radius 1 is 1.03 bits per heavy atom. The first-order valence-electron chi connectivity index (χ1n) is 10.3. The molecule has 1 aliphatic heterocycles. The first-order chi connectivity index (χ1) is 13.8. The lowest BCUT2D eigenvalue weighted by Gasteiger charge is -2.41. The molecule has 0 bridgehead atoms. The van der Waals surface area contributed by atoms with E-state index < -0.39 is 13.5 Å². The van der Waals surface area contributed by atoms with Crippen LogP contribution in [0.15, 0.2) is 36.4 Å². The van der Waals surface area contributed by atoms with Crippen molar-refractivity contribution >= 4 is 48.2 Å². The van der Waals surface area contributed by atoms with Gasteiger partial charge in [-0.15, -0.1) is 0 Å². The van der Waals surface area contributed by atoms with Gasteiger partial charge in [-0.2, -0.15) is 0 Å². The number of carbonyl (C=O) groups is 1. The van der Waals surface area contributed by atoms with E-state index in [0.29, 0.717) is 21.4 Å². The molecule has 0 amide bonds. The van der Waals surface area contributed by atoms with E-state index in [0.717, 1.165) is 22.7 Å². The maximum Gasteiger partial charge on any atom is 0.242 e. The fourth-order valence-electron chi connectivity index (χ4n) is 5.03. The van der Waals surface area contributed by atoms with Crippen LogP contribution in [0.1, 0.15) is 38.1 Å². The summed E-state index contributed by atoms with van der Waals surface area (Å²) in [6, 6.07) is 16.3. The Hall–Kier alpha value is -1.62. The first kappa shape index (κ1) is 20.6. The summed E-state index contributed by atoms with van der Waals surface area (Å²) in [5, 5.41) is 0.891. The highest BCUT2D eigenvalue weighted by atomic mass is 35.5. The van der Waals surface area contributed by atoms with Crippen molar-refractivity contribution in [2.24, 2.45) is 0 Å². The van der Waals surface area contributed by atoms with E-state index >= 15 is 0 Å². The van der Waals surface area contributed by atoms with Gasteiger partial charge in [0.05, 0.1) is 34.6 Å². The molecule has 2 aromatic carbocycles. The molecule has 0 saturated carbocycles. The molecule has 4 rings (SSSR count). The maximum absolute atomic E-state index is 14.1. The summed E-state index contributed by atoms with van der Waals surface area (Å²) in [4.78, 5) is 18.8. The summed E-state index contributed by atoms with van der Waals surface area (Å²) in [6.45, 7) is 9.01. The number of rotatable bonds is 5. The molecule has 6 heteroatoms. The minimum atomic E-state index is -1.58. The van der Waals surface area contributed by atoms with Crippen molar-refractivity contribution < 1.29 is 4.79 Å². The summed E-state index contributed by atoms with van der Waals surface area (Å²) >= 11 is 12.5. The number of hydrogen-bond donors (Lipinski definition) is 0. The summed E-state index contributed by atoms with van der Waals surface area (Å²) in [6.07, 6.45) is 0. The fourth-order valence-corrected chi connectivity index (χ4v) is 9.43. The number of halogens is 2. The summed E-state index contributed by atoms with van der Waals surface area (Å²) in [5.41, 5.74) is 2.99. The lowest BCUT2D eigenvalue weighted by molar-refractivity contribution is 0.0822. The lowest BCUT2D eigenvalue weighted by Crippen LogP contribution is -2.48. The van der Waals surface area contributed by atoms with Crippen molar-refractivity contribution in [1.82, 2.24) is 9.55 Å². The van der Waals surface area contributed by atoms with Crippen LogP contribution in [-0.2, 0) is 5.41 Å². The van der Waals surface area contributed by atoms with Crippen molar-refractivity contribution in [2.75, 3.05) is 0 Å². The zero-order chi connectivity index (χ0) is 21.0. The Morgan fingerprint density at radius 2 is 1.66 bits per heavy atom. The zero-order valence-corrected chi connectivity index (χ0v) is 19.9. The van der Waals surface area contributed by atoms with E-state index in [1.54, 1.807) is 16.7 Å². The second kappa shape index (κ2) is 7.26. The second-order valence-electron chi connectivity index (χ2n) is 8.45. The Labute approximate surface area is 183 Å². The minimum absolute atomic E-state index is 0.0966. The molecule has 0 radical (unpaired) electrons. The molecular formula is C23H26Cl2N2OSi. The fraction of sp³-hybridized carbons (Fsp3) is 0.391. The van der Waals surface area contributed by atoms with Crippen molar-refractivity contribution in [3.05, 3.63) is 52.0 Å². The first-order valence-corrected chi connectivity index (χ1v) is 13.9. The molecule has 0 aliphatic carbocycles. The molecule has 0 fully saturated rings. The predicted octanol–water partition coefficient (Wildman–Crippen LogP) is 7.43. The van der Waals surface area contributed by atoms with E-state index in [4.69, 9.17) is 28.2 Å². The predicted molar refractivity (Wildman–Crippen MR) is 125 cm³/mol. The molecule has 1 aliphatic rings. The monoisotopic (exact) mass is 444 g/mol. The second-order valence-corrected chi connectivity index (χ2v) is 14.7. The Kier molecular flexibility index (Phi) is 5.17. The van der Waals surface area contributed by atoms with E-state index in [1.165, 1.54) is 18.1 Å². The third kappa shape index (κ3) is 2.99. The number of benzene rings is 2. The Bertz CT molecular complexity index is 1110. The maximum atomic E-state index is 14.1. The molecule has 0 saturated heterocycles. The molecule has 1 aromatic heterocycles. The van der Waals surface area contributed by atoms with E-state index in [-0.39, 0.29) is 5.91 Å². The van der Waals surface area contributed by atoms with Crippen molar-refractivity contribution in [3.63, 3.8) is 0 Å². The largest absolute Gasteiger partial charge is 0.273 e. The number of nitrogens with zero attached hydrogens (tertiary/aromatic N) is 2. The van der Waals surface area contributed by atoms with Gasteiger partial charge in [0, 0.05) is 5.56 Å². The molecule has 1 unspecified atom stereocenters. The quantitative estimate of drug-likeness (QED) is 0.383. The molecule has 3 nitrogen and oxygen atoms in total. The summed E-state index contributed by atoms with van der Waals surface area (Å²) < 4.78 is 1.78. The highest BCUT2D eigenvalue weighted by Gasteiger charge is 2.48. The molecule has 0 N–H and O–H groups in total. The SMILES string of the molecule is CC[Si](CC)(CC)CC1(C)C(=O)n2c(nc3cc(Cl)c(Cl)cc32)-c2ccccc21. The van der Waals surface area contributed by atoms with Crippen molar-refractivity contribution in [2.45, 2.75) is 57.3 Å². The van der Waals surface area contributed by atoms with Crippen LogP contribution < -0.4 is 0 Å². The molecule has 0 spiro atoms. The average Bonchev–Trinajstić information content (AvgIpc) is 3.09. The van der Waals surface area contributed by atoms with Crippen LogP contribution in [0.3, 0.4) is 0 Å². The summed E-state index contributed by atoms with van der Waals surface area (Å²) in [7, 11) is -1.58. The van der Waals surface area contributed by atoms with Crippen LogP contribution in [0.2, 0.25) is 34.2 Å². The van der Waals surface area contributed by atoms with Gasteiger partial charge in [-0.3, -0.25) is 9.36 Å². The van der Waals surface area contributed by atoms with Gasteiger partial charge in [0.1, 0.15) is 5.82 Å². The molecule has 1 atom stereocenters. The Balaban J connectivity index is 2.01. The summed E-state index contributed by atoms with van der Waals surface area (Å²) in [5.74, 6) is 0.785. The van der Waals surface area contributed by atoms with Crippen LogP contribution in [0.4, 0.5) is 0 Å². The number of fused-ring (bicyclic) bond motifs is 5. The molecule has 3 aromatic rings. The van der Waals surface area contributed by atoms with Gasteiger partial charge < -0.3 is 0 Å². The molecule has 152 valence electrons. The minimum Gasteiger partial charge on any atom is -0.273 e. The van der Waals surface area contributed by atoms with Crippen LogP contribution in [0, 0.1) is 0 Å². The Morgan fingerprint density at radius 3 is 2.31 bits per heavy atom.